The van der Waals surface area contributed by atoms with Crippen LogP contribution in [0.5, 0.6) is 5.75 Å². The topological polar surface area (TPSA) is 106 Å². The average molecular weight is 433 g/mol. The predicted octanol–water partition coefficient (Wildman–Crippen LogP) is 3.87. The second-order valence-corrected chi connectivity index (χ2v) is 7.74. The molecule has 2 N–H and O–H groups in total. The Balaban J connectivity index is 1.61. The van der Waals surface area contributed by atoms with Crippen molar-refractivity contribution in [2.75, 3.05) is 5.32 Å². The minimum atomic E-state index is -0.239. The summed E-state index contributed by atoms with van der Waals surface area (Å²) in [4.78, 5) is 17.1. The fourth-order valence-corrected chi connectivity index (χ4v) is 3.99. The van der Waals surface area contributed by atoms with Gasteiger partial charge in [0.15, 0.2) is 0 Å². The number of aromatic hydroxyl groups is 1. The van der Waals surface area contributed by atoms with Crippen LogP contribution >= 0.6 is 11.6 Å². The van der Waals surface area contributed by atoms with Crippen molar-refractivity contribution >= 4 is 23.3 Å². The number of benzene rings is 2. The molecule has 9 heteroatoms. The summed E-state index contributed by atoms with van der Waals surface area (Å²) in [6.07, 6.45) is 1.82. The Morgan fingerprint density at radius 1 is 1.19 bits per heavy atom. The van der Waals surface area contributed by atoms with E-state index in [-0.39, 0.29) is 29.9 Å². The molecule has 154 valence electrons. The fraction of sp³-hybridized carbons (Fsp3) is 0.136. The summed E-state index contributed by atoms with van der Waals surface area (Å²) >= 11 is 5.98. The zero-order valence-electron chi connectivity index (χ0n) is 16.5. The Labute approximate surface area is 182 Å². The quantitative estimate of drug-likeness (QED) is 0.509. The summed E-state index contributed by atoms with van der Waals surface area (Å²) in [5.74, 6) is 0.518. The van der Waals surface area contributed by atoms with Crippen molar-refractivity contribution < 1.29 is 9.90 Å². The first-order valence-corrected chi connectivity index (χ1v) is 10.0. The molecule has 31 heavy (non-hydrogen) atoms. The number of phenols is 1. The second kappa shape index (κ2) is 7.48. The maximum absolute atomic E-state index is 12.5. The number of nitrogens with one attached hydrogen (secondary N) is 1. The van der Waals surface area contributed by atoms with Gasteiger partial charge in [0, 0.05) is 28.5 Å². The summed E-state index contributed by atoms with van der Waals surface area (Å²) in [5, 5.41) is 26.2. The molecule has 1 amide bonds. The number of hydrogen-bond donors (Lipinski definition) is 2. The summed E-state index contributed by atoms with van der Waals surface area (Å²) < 4.78 is 1.50. The number of carbonyl (C=O) groups is 1. The Kier molecular flexibility index (Phi) is 4.63. The molecule has 0 fully saturated rings. The summed E-state index contributed by atoms with van der Waals surface area (Å²) in [6, 6.07) is 14.2. The standard InChI is InChI=1S/C22H17ClN6O2/c1-12-20-17(14-3-2-4-16(30)9-14)10-19(31)26-21(20)29(28-12)22-25-18(11-24-27-22)13-5-7-15(23)8-6-13/h2-9,11,17,30H,10H2,1H3,(H,26,31). The van der Waals surface area contributed by atoms with Gasteiger partial charge in [-0.15, -0.1) is 5.10 Å². The van der Waals surface area contributed by atoms with Gasteiger partial charge < -0.3 is 10.4 Å². The van der Waals surface area contributed by atoms with Crippen molar-refractivity contribution in [2.24, 2.45) is 0 Å². The van der Waals surface area contributed by atoms with Gasteiger partial charge in [0.25, 0.3) is 5.95 Å². The van der Waals surface area contributed by atoms with Crippen LogP contribution in [0.15, 0.2) is 54.7 Å². The van der Waals surface area contributed by atoms with Gasteiger partial charge in [-0.3, -0.25) is 4.79 Å². The van der Waals surface area contributed by atoms with Crippen LogP contribution in [-0.2, 0) is 4.79 Å². The van der Waals surface area contributed by atoms with Crippen LogP contribution in [0.2, 0.25) is 5.02 Å². The fourth-order valence-electron chi connectivity index (χ4n) is 3.86. The number of phenolic OH excluding ortho intramolecular Hbond substituents is 1. The van der Waals surface area contributed by atoms with E-state index in [0.29, 0.717) is 16.5 Å². The van der Waals surface area contributed by atoms with Gasteiger partial charge >= 0.3 is 0 Å². The van der Waals surface area contributed by atoms with Crippen LogP contribution in [0, 0.1) is 6.92 Å². The number of aromatic nitrogens is 5. The SMILES string of the molecule is Cc1nn(-c2nncc(-c3ccc(Cl)cc3)n2)c2c1C(c1cccc(O)c1)CC(=O)N2. The van der Waals surface area contributed by atoms with Gasteiger partial charge in [-0.2, -0.15) is 14.9 Å². The molecule has 1 aliphatic heterocycles. The third kappa shape index (κ3) is 3.51. The molecule has 4 aromatic rings. The average Bonchev–Trinajstić information content (AvgIpc) is 3.10. The number of halogens is 1. The number of amides is 1. The van der Waals surface area contributed by atoms with E-state index >= 15 is 0 Å². The number of carbonyl (C=O) groups excluding carboxylic acids is 1. The maximum Gasteiger partial charge on any atom is 0.272 e. The molecule has 0 aliphatic carbocycles. The van der Waals surface area contributed by atoms with E-state index in [4.69, 9.17) is 11.6 Å². The van der Waals surface area contributed by atoms with E-state index in [1.165, 1.54) is 4.68 Å². The Morgan fingerprint density at radius 3 is 2.77 bits per heavy atom. The van der Waals surface area contributed by atoms with Gasteiger partial charge in [0.1, 0.15) is 11.6 Å². The van der Waals surface area contributed by atoms with Crippen molar-refractivity contribution in [1.82, 2.24) is 25.0 Å². The van der Waals surface area contributed by atoms with E-state index in [0.717, 1.165) is 22.4 Å². The molecule has 2 aromatic carbocycles. The summed E-state index contributed by atoms with van der Waals surface area (Å²) in [7, 11) is 0. The molecule has 1 unspecified atom stereocenters. The third-order valence-electron chi connectivity index (χ3n) is 5.25. The Morgan fingerprint density at radius 2 is 2.00 bits per heavy atom. The highest BCUT2D eigenvalue weighted by molar-refractivity contribution is 6.30. The van der Waals surface area contributed by atoms with E-state index in [1.807, 2.05) is 25.1 Å². The van der Waals surface area contributed by atoms with E-state index in [9.17, 15) is 9.90 Å². The van der Waals surface area contributed by atoms with Crippen molar-refractivity contribution in [2.45, 2.75) is 19.3 Å². The van der Waals surface area contributed by atoms with Gasteiger partial charge in [0.2, 0.25) is 5.91 Å². The van der Waals surface area contributed by atoms with Crippen LogP contribution < -0.4 is 5.32 Å². The first kappa shape index (κ1) is 19.2. The molecule has 0 spiro atoms. The molecular weight excluding hydrogens is 416 g/mol. The number of hydrogen-bond acceptors (Lipinski definition) is 6. The van der Waals surface area contributed by atoms with Crippen LogP contribution in [-0.4, -0.2) is 36.0 Å². The smallest absolute Gasteiger partial charge is 0.272 e. The highest BCUT2D eigenvalue weighted by atomic mass is 35.5. The van der Waals surface area contributed by atoms with Crippen LogP contribution in [0.1, 0.15) is 29.2 Å². The monoisotopic (exact) mass is 432 g/mol. The van der Waals surface area contributed by atoms with Gasteiger partial charge in [-0.25, -0.2) is 4.98 Å². The lowest BCUT2D eigenvalue weighted by atomic mass is 9.86. The molecule has 5 rings (SSSR count). The third-order valence-corrected chi connectivity index (χ3v) is 5.50. The minimum absolute atomic E-state index is 0.149. The van der Waals surface area contributed by atoms with Crippen molar-refractivity contribution in [1.29, 1.82) is 0 Å². The molecule has 1 aliphatic rings. The minimum Gasteiger partial charge on any atom is -0.508 e. The molecule has 3 heterocycles. The van der Waals surface area contributed by atoms with Crippen LogP contribution in [0.25, 0.3) is 17.2 Å². The van der Waals surface area contributed by atoms with Crippen molar-refractivity contribution in [3.8, 4) is 23.0 Å². The van der Waals surface area contributed by atoms with Gasteiger partial charge in [-0.1, -0.05) is 35.9 Å². The zero-order valence-corrected chi connectivity index (χ0v) is 17.2. The second-order valence-electron chi connectivity index (χ2n) is 7.31. The Bertz CT molecular complexity index is 1300. The van der Waals surface area contributed by atoms with E-state index in [2.05, 4.69) is 25.6 Å². The van der Waals surface area contributed by atoms with Gasteiger partial charge in [-0.05, 0) is 36.8 Å². The number of nitrogens with zero attached hydrogens (tertiary/aromatic N) is 5. The number of fused-ring (bicyclic) bond motifs is 1. The van der Waals surface area contributed by atoms with Crippen LogP contribution in [0.4, 0.5) is 5.82 Å². The lowest BCUT2D eigenvalue weighted by molar-refractivity contribution is -0.116. The number of aryl methyl sites for hydroxylation is 1. The number of rotatable bonds is 3. The predicted molar refractivity (Wildman–Crippen MR) is 115 cm³/mol. The molecule has 0 saturated carbocycles. The highest BCUT2D eigenvalue weighted by Gasteiger charge is 2.33. The molecule has 0 radical (unpaired) electrons. The van der Waals surface area contributed by atoms with E-state index < -0.39 is 0 Å². The lowest BCUT2D eigenvalue weighted by Crippen LogP contribution is -2.25. The van der Waals surface area contributed by atoms with Crippen molar-refractivity contribution in [3.05, 3.63) is 76.6 Å². The summed E-state index contributed by atoms with van der Waals surface area (Å²) in [5.41, 5.74) is 3.89. The molecule has 2 aromatic heterocycles. The maximum atomic E-state index is 12.5. The Hall–Kier alpha value is -3.78. The highest BCUT2D eigenvalue weighted by Crippen LogP contribution is 2.40. The number of anilines is 1. The molecular formula is C22H17ClN6O2. The zero-order chi connectivity index (χ0) is 21.5. The molecule has 0 bridgehead atoms. The van der Waals surface area contributed by atoms with Gasteiger partial charge in [0.05, 0.1) is 17.6 Å². The van der Waals surface area contributed by atoms with E-state index in [1.54, 1.807) is 36.5 Å². The molecule has 8 nitrogen and oxygen atoms in total. The normalized spacial score (nSPS) is 15.4. The first-order chi connectivity index (χ1) is 15.0. The largest absolute Gasteiger partial charge is 0.508 e. The lowest BCUT2D eigenvalue weighted by Gasteiger charge is -2.24. The molecule has 0 saturated heterocycles. The van der Waals surface area contributed by atoms with Crippen molar-refractivity contribution in [3.63, 3.8) is 0 Å². The first-order valence-electron chi connectivity index (χ1n) is 9.64. The summed E-state index contributed by atoms with van der Waals surface area (Å²) in [6.45, 7) is 1.87. The van der Waals surface area contributed by atoms with Crippen LogP contribution in [0.3, 0.4) is 0 Å². The molecule has 1 atom stereocenters.